The van der Waals surface area contributed by atoms with E-state index in [1.807, 2.05) is 4.90 Å². The number of fused-ring (bicyclic) bond motifs is 1. The molecule has 1 N–H and O–H groups in total. The highest BCUT2D eigenvalue weighted by molar-refractivity contribution is 5.72. The van der Waals surface area contributed by atoms with E-state index in [4.69, 9.17) is 14.6 Å². The lowest BCUT2D eigenvalue weighted by molar-refractivity contribution is -0.138. The molecule has 0 aromatic carbocycles. The van der Waals surface area contributed by atoms with Gasteiger partial charge >= 0.3 is 12.1 Å². The Morgan fingerprint density at radius 2 is 1.95 bits per heavy atom. The van der Waals surface area contributed by atoms with Crippen LogP contribution in [0, 0.1) is 0 Å². The van der Waals surface area contributed by atoms with E-state index in [-0.39, 0.29) is 24.8 Å². The number of rotatable bonds is 6. The van der Waals surface area contributed by atoms with Gasteiger partial charge in [0.1, 0.15) is 6.10 Å². The zero-order chi connectivity index (χ0) is 15.5. The van der Waals surface area contributed by atoms with E-state index in [1.165, 1.54) is 0 Å². The SMILES string of the molecule is O=C(O)CN1C[C@@H]2OC(=O)N(CCCN3CCOCC3)[C@@H]2C1. The van der Waals surface area contributed by atoms with Crippen LogP contribution in [0.25, 0.3) is 0 Å². The van der Waals surface area contributed by atoms with Crippen LogP contribution in [0.3, 0.4) is 0 Å². The summed E-state index contributed by atoms with van der Waals surface area (Å²) in [5.41, 5.74) is 0. The molecule has 0 bridgehead atoms. The second-order valence-electron chi connectivity index (χ2n) is 6.08. The molecule has 8 nitrogen and oxygen atoms in total. The minimum atomic E-state index is -0.842. The largest absolute Gasteiger partial charge is 0.480 e. The molecule has 0 radical (unpaired) electrons. The van der Waals surface area contributed by atoms with Crippen LogP contribution >= 0.6 is 0 Å². The predicted molar refractivity (Wildman–Crippen MR) is 76.7 cm³/mol. The van der Waals surface area contributed by atoms with Crippen LogP contribution in [0.15, 0.2) is 0 Å². The van der Waals surface area contributed by atoms with E-state index in [0.29, 0.717) is 19.6 Å². The molecule has 0 spiro atoms. The summed E-state index contributed by atoms with van der Waals surface area (Å²) in [7, 11) is 0. The van der Waals surface area contributed by atoms with Crippen molar-refractivity contribution >= 4 is 12.1 Å². The van der Waals surface area contributed by atoms with E-state index in [1.54, 1.807) is 4.90 Å². The van der Waals surface area contributed by atoms with Gasteiger partial charge in [0.05, 0.1) is 25.8 Å². The predicted octanol–water partition coefficient (Wildman–Crippen LogP) is -0.702. The number of nitrogens with zero attached hydrogens (tertiary/aromatic N) is 3. The van der Waals surface area contributed by atoms with E-state index in [0.717, 1.165) is 39.3 Å². The number of aliphatic carboxylic acids is 1. The van der Waals surface area contributed by atoms with E-state index >= 15 is 0 Å². The van der Waals surface area contributed by atoms with Crippen LogP contribution in [-0.4, -0.2) is 103 Å². The number of amides is 1. The van der Waals surface area contributed by atoms with Gasteiger partial charge in [-0.05, 0) is 6.42 Å². The van der Waals surface area contributed by atoms with Crippen LogP contribution in [0.5, 0.6) is 0 Å². The van der Waals surface area contributed by atoms with Gasteiger partial charge in [-0.3, -0.25) is 14.6 Å². The number of carbonyl (C=O) groups excluding carboxylic acids is 1. The smallest absolute Gasteiger partial charge is 0.410 e. The van der Waals surface area contributed by atoms with Gasteiger partial charge in [-0.25, -0.2) is 4.79 Å². The normalized spacial score (nSPS) is 29.6. The Bertz CT molecular complexity index is 427. The average Bonchev–Trinajstić information content (AvgIpc) is 2.97. The fraction of sp³-hybridized carbons (Fsp3) is 0.857. The maximum absolute atomic E-state index is 11.9. The molecule has 2 atom stereocenters. The first kappa shape index (κ1) is 15.5. The summed E-state index contributed by atoms with van der Waals surface area (Å²) in [5, 5.41) is 8.86. The van der Waals surface area contributed by atoms with Crippen molar-refractivity contribution in [1.82, 2.24) is 14.7 Å². The third-order valence-electron chi connectivity index (χ3n) is 4.54. The first-order chi connectivity index (χ1) is 10.6. The number of carbonyl (C=O) groups is 2. The Morgan fingerprint density at radius 1 is 1.18 bits per heavy atom. The zero-order valence-corrected chi connectivity index (χ0v) is 12.6. The minimum absolute atomic E-state index is 0.00320. The summed E-state index contributed by atoms with van der Waals surface area (Å²) in [6.07, 6.45) is 0.458. The molecule has 3 fully saturated rings. The molecule has 8 heteroatoms. The van der Waals surface area contributed by atoms with Crippen LogP contribution in [0.1, 0.15) is 6.42 Å². The Morgan fingerprint density at radius 3 is 2.68 bits per heavy atom. The van der Waals surface area contributed by atoms with E-state index in [9.17, 15) is 9.59 Å². The van der Waals surface area contributed by atoms with Gasteiger partial charge in [-0.15, -0.1) is 0 Å². The lowest BCUT2D eigenvalue weighted by Gasteiger charge is -2.28. The van der Waals surface area contributed by atoms with Crippen LogP contribution < -0.4 is 0 Å². The van der Waals surface area contributed by atoms with Gasteiger partial charge in [0.2, 0.25) is 0 Å². The van der Waals surface area contributed by atoms with Crippen molar-refractivity contribution in [2.45, 2.75) is 18.6 Å². The summed E-state index contributed by atoms with van der Waals surface area (Å²) in [6, 6.07) is -0.00320. The second kappa shape index (κ2) is 6.80. The van der Waals surface area contributed by atoms with Crippen LogP contribution in [-0.2, 0) is 14.3 Å². The number of likely N-dealkylation sites (tertiary alicyclic amines) is 1. The zero-order valence-electron chi connectivity index (χ0n) is 12.6. The molecule has 124 valence electrons. The topological polar surface area (TPSA) is 82.5 Å². The number of carboxylic acid groups (broad SMARTS) is 1. The Hall–Kier alpha value is -1.38. The van der Waals surface area contributed by atoms with E-state index < -0.39 is 5.97 Å². The maximum atomic E-state index is 11.9. The molecule has 0 aliphatic carbocycles. The van der Waals surface area contributed by atoms with Crippen molar-refractivity contribution in [2.75, 3.05) is 59.0 Å². The standard InChI is InChI=1S/C14H23N3O5/c18-13(19)10-16-8-11-12(9-16)22-14(20)17(11)3-1-2-15-4-6-21-7-5-15/h11-12H,1-10H2,(H,18,19)/t11-,12+/m1/s1. The van der Waals surface area contributed by atoms with Crippen LogP contribution in [0.2, 0.25) is 0 Å². The molecule has 0 aromatic heterocycles. The fourth-order valence-electron chi connectivity index (χ4n) is 3.45. The molecule has 1 amide bonds. The quantitative estimate of drug-likeness (QED) is 0.694. The molecule has 3 aliphatic heterocycles. The van der Waals surface area contributed by atoms with Gasteiger partial charge in [-0.1, -0.05) is 0 Å². The van der Waals surface area contributed by atoms with Crippen molar-refractivity contribution in [3.63, 3.8) is 0 Å². The summed E-state index contributed by atoms with van der Waals surface area (Å²) < 4.78 is 10.7. The van der Waals surface area contributed by atoms with Gasteiger partial charge in [0.15, 0.2) is 0 Å². The van der Waals surface area contributed by atoms with Crippen molar-refractivity contribution in [3.05, 3.63) is 0 Å². The summed E-state index contributed by atoms with van der Waals surface area (Å²) in [4.78, 5) is 28.7. The van der Waals surface area contributed by atoms with Gasteiger partial charge in [0, 0.05) is 39.3 Å². The first-order valence-corrected chi connectivity index (χ1v) is 7.85. The number of carboxylic acids is 1. The molecule has 3 rings (SSSR count). The third-order valence-corrected chi connectivity index (χ3v) is 4.54. The van der Waals surface area contributed by atoms with Crippen molar-refractivity contribution in [3.8, 4) is 0 Å². The lowest BCUT2D eigenvalue weighted by atomic mass is 10.2. The summed E-state index contributed by atoms with van der Waals surface area (Å²) in [5.74, 6) is -0.842. The third kappa shape index (κ3) is 3.50. The average molecular weight is 313 g/mol. The van der Waals surface area contributed by atoms with Gasteiger partial charge in [0.25, 0.3) is 0 Å². The molecule has 0 unspecified atom stereocenters. The fourth-order valence-corrected chi connectivity index (χ4v) is 3.45. The molecular formula is C14H23N3O5. The molecule has 0 aromatic rings. The van der Waals surface area contributed by atoms with Crippen molar-refractivity contribution in [2.24, 2.45) is 0 Å². The van der Waals surface area contributed by atoms with Gasteiger partial charge in [-0.2, -0.15) is 0 Å². The molecule has 22 heavy (non-hydrogen) atoms. The van der Waals surface area contributed by atoms with Crippen molar-refractivity contribution in [1.29, 1.82) is 0 Å². The molecule has 3 saturated heterocycles. The monoisotopic (exact) mass is 313 g/mol. The number of ether oxygens (including phenoxy) is 2. The summed E-state index contributed by atoms with van der Waals surface area (Å²) in [6.45, 7) is 6.17. The molecule has 3 aliphatic rings. The van der Waals surface area contributed by atoms with Crippen molar-refractivity contribution < 1.29 is 24.2 Å². The number of hydrogen-bond donors (Lipinski definition) is 1. The highest BCUT2D eigenvalue weighted by atomic mass is 16.6. The number of morpholine rings is 1. The maximum Gasteiger partial charge on any atom is 0.410 e. The Labute approximate surface area is 129 Å². The molecule has 0 saturated carbocycles. The molecular weight excluding hydrogens is 290 g/mol. The minimum Gasteiger partial charge on any atom is -0.480 e. The Kier molecular flexibility index (Phi) is 4.80. The molecule has 3 heterocycles. The highest BCUT2D eigenvalue weighted by Gasteiger charge is 2.47. The lowest BCUT2D eigenvalue weighted by Crippen LogP contribution is -2.41. The van der Waals surface area contributed by atoms with Gasteiger partial charge < -0.3 is 19.5 Å². The summed E-state index contributed by atoms with van der Waals surface area (Å²) >= 11 is 0. The highest BCUT2D eigenvalue weighted by Crippen LogP contribution is 2.26. The first-order valence-electron chi connectivity index (χ1n) is 7.85. The Balaban J connectivity index is 1.46. The second-order valence-corrected chi connectivity index (χ2v) is 6.08. The van der Waals surface area contributed by atoms with E-state index in [2.05, 4.69) is 4.90 Å². The van der Waals surface area contributed by atoms with Crippen LogP contribution in [0.4, 0.5) is 4.79 Å². The number of hydrogen-bond acceptors (Lipinski definition) is 6.